The van der Waals surface area contributed by atoms with E-state index in [0.29, 0.717) is 0 Å². The molecule has 0 amide bonds. The zero-order valence-corrected chi connectivity index (χ0v) is 13.3. The van der Waals surface area contributed by atoms with Gasteiger partial charge in [-0.2, -0.15) is 0 Å². The van der Waals surface area contributed by atoms with Gasteiger partial charge in [-0.1, -0.05) is 0 Å². The molecule has 2 saturated heterocycles. The molecule has 0 aromatic rings. The summed E-state index contributed by atoms with van der Waals surface area (Å²) in [6.45, 7) is -1.03. The van der Waals surface area contributed by atoms with Gasteiger partial charge in [-0.05, 0) is 6.42 Å². The SMILES string of the molecule is CO[C@H]1O[C@H](CO)[C@@H](C[C@@H]2O[C@H](CO)[C@@H](O)[C@H](O)[C@H]2O)[C@H](O)[C@H]1O. The van der Waals surface area contributed by atoms with E-state index in [-0.39, 0.29) is 6.42 Å². The average molecular weight is 354 g/mol. The normalized spacial score (nSPS) is 50.0. The molecular formula is C14H26O10. The molecule has 2 heterocycles. The zero-order valence-electron chi connectivity index (χ0n) is 13.3. The smallest absolute Gasteiger partial charge is 0.186 e. The first-order valence-electron chi connectivity index (χ1n) is 7.81. The molecule has 2 aliphatic heterocycles. The number of aliphatic hydroxyl groups is 7. The minimum atomic E-state index is -1.54. The molecule has 142 valence electrons. The fraction of sp³-hybridized carbons (Fsp3) is 1.00. The maximum atomic E-state index is 10.3. The summed E-state index contributed by atoms with van der Waals surface area (Å²) < 4.78 is 15.7. The first-order valence-corrected chi connectivity index (χ1v) is 7.81. The van der Waals surface area contributed by atoms with E-state index in [0.717, 1.165) is 0 Å². The van der Waals surface area contributed by atoms with Gasteiger partial charge in [0, 0.05) is 13.0 Å². The highest BCUT2D eigenvalue weighted by molar-refractivity contribution is 4.96. The third-order valence-corrected chi connectivity index (χ3v) is 4.76. The molecule has 0 aromatic heterocycles. The Morgan fingerprint density at radius 3 is 1.83 bits per heavy atom. The zero-order chi connectivity index (χ0) is 18.0. The van der Waals surface area contributed by atoms with Crippen molar-refractivity contribution in [2.24, 2.45) is 5.92 Å². The van der Waals surface area contributed by atoms with Crippen molar-refractivity contribution in [1.29, 1.82) is 0 Å². The highest BCUT2D eigenvalue weighted by Gasteiger charge is 2.49. The number of hydrogen-bond acceptors (Lipinski definition) is 10. The summed E-state index contributed by atoms with van der Waals surface area (Å²) in [5.41, 5.74) is 0. The summed E-state index contributed by atoms with van der Waals surface area (Å²) in [6.07, 6.45) is -11.4. The number of rotatable bonds is 5. The van der Waals surface area contributed by atoms with E-state index in [1.54, 1.807) is 0 Å². The number of hydrogen-bond donors (Lipinski definition) is 7. The van der Waals surface area contributed by atoms with E-state index in [2.05, 4.69) is 0 Å². The summed E-state index contributed by atoms with van der Waals surface area (Å²) in [5, 5.41) is 68.6. The second-order valence-corrected chi connectivity index (χ2v) is 6.21. The molecule has 10 nitrogen and oxygen atoms in total. The minimum Gasteiger partial charge on any atom is -0.394 e. The first-order chi connectivity index (χ1) is 11.3. The van der Waals surface area contributed by atoms with Gasteiger partial charge in [-0.25, -0.2) is 0 Å². The Labute approximate surface area is 138 Å². The molecule has 2 rings (SSSR count). The molecule has 0 spiro atoms. The van der Waals surface area contributed by atoms with Crippen LogP contribution in [0.4, 0.5) is 0 Å². The van der Waals surface area contributed by atoms with Crippen molar-refractivity contribution in [3.63, 3.8) is 0 Å². The molecule has 0 saturated carbocycles. The van der Waals surface area contributed by atoms with Crippen LogP contribution in [0.1, 0.15) is 6.42 Å². The van der Waals surface area contributed by atoms with Crippen molar-refractivity contribution < 1.29 is 50.0 Å². The lowest BCUT2D eigenvalue weighted by molar-refractivity contribution is -0.293. The van der Waals surface area contributed by atoms with Crippen LogP contribution < -0.4 is 0 Å². The van der Waals surface area contributed by atoms with Gasteiger partial charge in [0.1, 0.15) is 30.5 Å². The summed E-state index contributed by atoms with van der Waals surface area (Å²) in [6, 6.07) is 0. The van der Waals surface area contributed by atoms with Crippen molar-refractivity contribution >= 4 is 0 Å². The van der Waals surface area contributed by atoms with Crippen LogP contribution in [0, 0.1) is 5.92 Å². The summed E-state index contributed by atoms with van der Waals surface area (Å²) in [7, 11) is 1.28. The Bertz CT molecular complexity index is 392. The van der Waals surface area contributed by atoms with Crippen molar-refractivity contribution in [3.8, 4) is 0 Å². The monoisotopic (exact) mass is 354 g/mol. The second kappa shape index (κ2) is 8.32. The van der Waals surface area contributed by atoms with Crippen LogP contribution >= 0.6 is 0 Å². The maximum absolute atomic E-state index is 10.3. The van der Waals surface area contributed by atoms with Crippen LogP contribution in [0.25, 0.3) is 0 Å². The first kappa shape index (κ1) is 19.9. The molecule has 7 N–H and O–H groups in total. The molecular weight excluding hydrogens is 328 g/mol. The van der Waals surface area contributed by atoms with Gasteiger partial charge in [-0.15, -0.1) is 0 Å². The molecule has 10 atom stereocenters. The molecule has 0 aromatic carbocycles. The van der Waals surface area contributed by atoms with Crippen molar-refractivity contribution in [1.82, 2.24) is 0 Å². The predicted molar refractivity (Wildman–Crippen MR) is 76.6 cm³/mol. The van der Waals surface area contributed by atoms with Gasteiger partial charge < -0.3 is 50.0 Å². The third-order valence-electron chi connectivity index (χ3n) is 4.76. The summed E-state index contributed by atoms with van der Waals surface area (Å²) in [5.74, 6) is -0.821. The lowest BCUT2D eigenvalue weighted by Gasteiger charge is -2.45. The molecule has 2 fully saturated rings. The fourth-order valence-electron chi connectivity index (χ4n) is 3.29. The topological polar surface area (TPSA) is 169 Å². The Hall–Kier alpha value is -0.400. The molecule has 0 aliphatic carbocycles. The van der Waals surface area contributed by atoms with E-state index >= 15 is 0 Å². The van der Waals surface area contributed by atoms with Crippen molar-refractivity contribution in [3.05, 3.63) is 0 Å². The van der Waals surface area contributed by atoms with E-state index < -0.39 is 74.3 Å². The quantitative estimate of drug-likeness (QED) is 0.258. The van der Waals surface area contributed by atoms with Crippen LogP contribution in [0.3, 0.4) is 0 Å². The van der Waals surface area contributed by atoms with Crippen LogP contribution in [0.15, 0.2) is 0 Å². The van der Waals surface area contributed by atoms with Gasteiger partial charge in [0.15, 0.2) is 6.29 Å². The van der Waals surface area contributed by atoms with E-state index in [1.165, 1.54) is 7.11 Å². The lowest BCUT2D eigenvalue weighted by Crippen LogP contribution is -2.61. The standard InChI is InChI=1S/C14H26O10/c1-22-14-13(21)9(17)5(7(3-15)24-14)2-6-10(18)12(20)11(19)8(4-16)23-6/h5-21H,2-4H2,1H3/t5-,6+,7-,8-,9+,10+,11-,12-,13-,14+/m1/s1. The Morgan fingerprint density at radius 2 is 1.29 bits per heavy atom. The maximum Gasteiger partial charge on any atom is 0.186 e. The van der Waals surface area contributed by atoms with E-state index in [4.69, 9.17) is 14.2 Å². The van der Waals surface area contributed by atoms with Gasteiger partial charge in [0.25, 0.3) is 0 Å². The second-order valence-electron chi connectivity index (χ2n) is 6.21. The van der Waals surface area contributed by atoms with E-state index in [1.807, 2.05) is 0 Å². The van der Waals surface area contributed by atoms with Gasteiger partial charge in [0.05, 0.1) is 31.5 Å². The van der Waals surface area contributed by atoms with Crippen LogP contribution in [-0.2, 0) is 14.2 Å². The fourth-order valence-corrected chi connectivity index (χ4v) is 3.29. The number of ether oxygens (including phenoxy) is 3. The van der Waals surface area contributed by atoms with Crippen LogP contribution in [-0.4, -0.2) is 111 Å². The largest absolute Gasteiger partial charge is 0.394 e. The average Bonchev–Trinajstić information content (AvgIpc) is 2.59. The third kappa shape index (κ3) is 3.73. The number of aliphatic hydroxyl groups excluding tert-OH is 7. The molecule has 0 bridgehead atoms. The van der Waals surface area contributed by atoms with Crippen molar-refractivity contribution in [2.45, 2.75) is 61.5 Å². The molecule has 2 aliphatic rings. The molecule has 0 unspecified atom stereocenters. The van der Waals surface area contributed by atoms with Gasteiger partial charge >= 0.3 is 0 Å². The van der Waals surface area contributed by atoms with Gasteiger partial charge in [0.2, 0.25) is 0 Å². The van der Waals surface area contributed by atoms with Gasteiger partial charge in [-0.3, -0.25) is 0 Å². The molecule has 0 radical (unpaired) electrons. The summed E-state index contributed by atoms with van der Waals surface area (Å²) >= 11 is 0. The van der Waals surface area contributed by atoms with E-state index in [9.17, 15) is 35.7 Å². The highest BCUT2D eigenvalue weighted by Crippen LogP contribution is 2.33. The van der Waals surface area contributed by atoms with Crippen LogP contribution in [0.2, 0.25) is 0 Å². The predicted octanol–water partition coefficient (Wildman–Crippen LogP) is -4.08. The Kier molecular flexibility index (Phi) is 6.90. The summed E-state index contributed by atoms with van der Waals surface area (Å²) in [4.78, 5) is 0. The van der Waals surface area contributed by atoms with Crippen molar-refractivity contribution in [2.75, 3.05) is 20.3 Å². The number of methoxy groups -OCH3 is 1. The Morgan fingerprint density at radius 1 is 0.708 bits per heavy atom. The lowest BCUT2D eigenvalue weighted by atomic mass is 9.81. The highest BCUT2D eigenvalue weighted by atomic mass is 16.7. The minimum absolute atomic E-state index is 0.0820. The molecule has 10 heteroatoms. The van der Waals surface area contributed by atoms with Crippen LogP contribution in [0.5, 0.6) is 0 Å². The Balaban J connectivity index is 2.12. The molecule has 24 heavy (non-hydrogen) atoms.